The maximum atomic E-state index is 13.3. The van der Waals surface area contributed by atoms with Gasteiger partial charge in [0.1, 0.15) is 0 Å². The Labute approximate surface area is 246 Å². The van der Waals surface area contributed by atoms with Crippen molar-refractivity contribution in [1.82, 2.24) is 20.4 Å². The summed E-state index contributed by atoms with van der Waals surface area (Å²) in [4.78, 5) is 56.2. The predicted octanol–water partition coefficient (Wildman–Crippen LogP) is 3.05. The van der Waals surface area contributed by atoms with Crippen molar-refractivity contribution in [3.63, 3.8) is 0 Å². The number of anilines is 2. The van der Waals surface area contributed by atoms with Gasteiger partial charge in [-0.2, -0.15) is 0 Å². The summed E-state index contributed by atoms with van der Waals surface area (Å²) in [6.07, 6.45) is 0.497. The first-order valence-electron chi connectivity index (χ1n) is 14.4. The predicted molar refractivity (Wildman–Crippen MR) is 159 cm³/mol. The van der Waals surface area contributed by atoms with E-state index in [2.05, 4.69) is 20.9 Å². The van der Waals surface area contributed by atoms with Crippen LogP contribution in [0.3, 0.4) is 0 Å². The molecule has 42 heavy (non-hydrogen) atoms. The average molecular weight is 581 g/mol. The third-order valence-electron chi connectivity index (χ3n) is 7.38. The Morgan fingerprint density at radius 3 is 2.24 bits per heavy atom. The largest absolute Gasteiger partial charge is 0.481 e. The summed E-state index contributed by atoms with van der Waals surface area (Å²) < 4.78 is 5.36. The van der Waals surface area contributed by atoms with Crippen LogP contribution in [0, 0.1) is 6.92 Å². The molecule has 2 heterocycles. The Morgan fingerprint density at radius 2 is 1.60 bits per heavy atom. The maximum Gasteiger partial charge on any atom is 0.320 e. The van der Waals surface area contributed by atoms with Crippen molar-refractivity contribution in [2.24, 2.45) is 0 Å². The van der Waals surface area contributed by atoms with Crippen molar-refractivity contribution in [2.75, 3.05) is 69.2 Å². The first-order chi connectivity index (χ1) is 20.2. The number of morpholine rings is 1. The fraction of sp³-hybridized carbons (Fsp3) is 0.467. The number of piperazine rings is 1. The van der Waals surface area contributed by atoms with Crippen LogP contribution < -0.4 is 20.9 Å². The zero-order valence-electron chi connectivity index (χ0n) is 24.2. The molecular formula is C30H40N6O6. The van der Waals surface area contributed by atoms with Crippen LogP contribution in [-0.4, -0.2) is 97.9 Å². The number of carboxylic acids is 1. The number of rotatable bonds is 9. The Hall–Kier alpha value is -4.32. The third kappa shape index (κ3) is 8.12. The molecule has 1 atom stereocenters. The van der Waals surface area contributed by atoms with Crippen molar-refractivity contribution < 1.29 is 29.0 Å². The number of ether oxygens (including phenoxy) is 1. The zero-order valence-corrected chi connectivity index (χ0v) is 24.2. The van der Waals surface area contributed by atoms with E-state index in [9.17, 15) is 24.3 Å². The second kappa shape index (κ2) is 14.5. The lowest BCUT2D eigenvalue weighted by atomic mass is 10.0. The number of carbonyl (C=O) groups excluding carboxylic acids is 3. The molecule has 0 bridgehead atoms. The molecule has 0 aliphatic carbocycles. The molecule has 12 nitrogen and oxygen atoms in total. The van der Waals surface area contributed by atoms with Crippen LogP contribution in [0.5, 0.6) is 0 Å². The molecule has 0 radical (unpaired) electrons. The molecule has 12 heteroatoms. The first-order valence-corrected chi connectivity index (χ1v) is 14.4. The minimum atomic E-state index is -1.03. The van der Waals surface area contributed by atoms with Crippen LogP contribution in [0.15, 0.2) is 42.5 Å². The van der Waals surface area contributed by atoms with E-state index in [1.165, 1.54) is 0 Å². The number of hydrogen-bond acceptors (Lipinski definition) is 6. The number of hydrogen-bond donors (Lipinski definition) is 4. The highest BCUT2D eigenvalue weighted by Crippen LogP contribution is 2.29. The molecule has 2 fully saturated rings. The van der Waals surface area contributed by atoms with Crippen molar-refractivity contribution in [2.45, 2.75) is 32.7 Å². The molecular weight excluding hydrogens is 540 g/mol. The van der Waals surface area contributed by atoms with Crippen LogP contribution in [0.25, 0.3) is 0 Å². The van der Waals surface area contributed by atoms with Gasteiger partial charge in [0.2, 0.25) is 0 Å². The fourth-order valence-electron chi connectivity index (χ4n) is 5.02. The summed E-state index contributed by atoms with van der Waals surface area (Å²) in [5.74, 6) is -1.48. The molecule has 0 spiro atoms. The third-order valence-corrected chi connectivity index (χ3v) is 7.38. The van der Waals surface area contributed by atoms with Gasteiger partial charge >= 0.3 is 18.0 Å². The Bertz CT molecular complexity index is 1260. The smallest absolute Gasteiger partial charge is 0.320 e. The fourth-order valence-corrected chi connectivity index (χ4v) is 5.02. The number of carbonyl (C=O) groups is 4. The number of benzene rings is 2. The van der Waals surface area contributed by atoms with Crippen LogP contribution in [0.4, 0.5) is 21.0 Å². The van der Waals surface area contributed by atoms with E-state index < -0.39 is 17.9 Å². The van der Waals surface area contributed by atoms with Crippen LogP contribution in [-0.2, 0) is 9.53 Å². The Morgan fingerprint density at radius 1 is 0.929 bits per heavy atom. The highest BCUT2D eigenvalue weighted by Gasteiger charge is 2.28. The van der Waals surface area contributed by atoms with Gasteiger partial charge in [-0.3, -0.25) is 9.59 Å². The highest BCUT2D eigenvalue weighted by molar-refractivity contribution is 6.00. The molecule has 0 saturated carbocycles. The summed E-state index contributed by atoms with van der Waals surface area (Å²) in [6.45, 7) is 8.80. The molecule has 5 amide bonds. The standard InChI is InChI=1S/C30H40N6O6/c1-3-10-31-29(40)33-25-19-23(28(39)32-24(20-27(37)38)22-6-4-21(2)5-7-22)8-9-26(25)34-11-13-35(14-12-34)30(41)36-15-17-42-18-16-36/h4-9,19,24H,3,10-18,20H2,1-2H3,(H,32,39)(H,37,38)(H2,31,33,40). The number of urea groups is 2. The van der Waals surface area contributed by atoms with Gasteiger partial charge in [0, 0.05) is 51.4 Å². The van der Waals surface area contributed by atoms with Gasteiger partial charge in [-0.05, 0) is 37.1 Å². The molecule has 2 aliphatic heterocycles. The summed E-state index contributed by atoms with van der Waals surface area (Å²) in [7, 11) is 0. The van der Waals surface area contributed by atoms with Gasteiger partial charge in [0.25, 0.3) is 5.91 Å². The second-order valence-corrected chi connectivity index (χ2v) is 10.5. The molecule has 0 aromatic heterocycles. The number of aliphatic carboxylic acids is 1. The van der Waals surface area contributed by atoms with E-state index in [-0.39, 0.29) is 24.0 Å². The van der Waals surface area contributed by atoms with Gasteiger partial charge in [-0.15, -0.1) is 0 Å². The van der Waals surface area contributed by atoms with E-state index in [4.69, 9.17) is 4.74 Å². The molecule has 2 aromatic rings. The monoisotopic (exact) mass is 580 g/mol. The molecule has 4 rings (SSSR count). The number of carboxylic acid groups (broad SMARTS) is 1. The Kier molecular flexibility index (Phi) is 10.6. The summed E-state index contributed by atoms with van der Waals surface area (Å²) in [6, 6.07) is 11.3. The minimum Gasteiger partial charge on any atom is -0.481 e. The molecule has 2 aromatic carbocycles. The summed E-state index contributed by atoms with van der Waals surface area (Å²) >= 11 is 0. The van der Waals surface area contributed by atoms with Crippen LogP contribution in [0.1, 0.15) is 47.3 Å². The lowest BCUT2D eigenvalue weighted by molar-refractivity contribution is -0.137. The van der Waals surface area contributed by atoms with E-state index in [0.29, 0.717) is 70.3 Å². The van der Waals surface area contributed by atoms with Gasteiger partial charge < -0.3 is 40.5 Å². The summed E-state index contributed by atoms with van der Waals surface area (Å²) in [5, 5.41) is 18.0. The lowest BCUT2D eigenvalue weighted by Crippen LogP contribution is -2.55. The highest BCUT2D eigenvalue weighted by atomic mass is 16.5. The SMILES string of the molecule is CCCNC(=O)Nc1cc(C(=O)NC(CC(=O)O)c2ccc(C)cc2)ccc1N1CCN(C(=O)N2CCOCC2)CC1. The minimum absolute atomic E-state index is 0.00625. The van der Waals surface area contributed by atoms with E-state index in [0.717, 1.165) is 17.7 Å². The van der Waals surface area contributed by atoms with Crippen molar-refractivity contribution in [3.05, 3.63) is 59.2 Å². The molecule has 4 N–H and O–H groups in total. The van der Waals surface area contributed by atoms with Crippen molar-refractivity contribution in [1.29, 1.82) is 0 Å². The van der Waals surface area contributed by atoms with E-state index >= 15 is 0 Å². The number of aryl methyl sites for hydroxylation is 1. The van der Waals surface area contributed by atoms with Gasteiger partial charge in [0.15, 0.2) is 0 Å². The van der Waals surface area contributed by atoms with Gasteiger partial charge in [0.05, 0.1) is 37.1 Å². The number of nitrogens with one attached hydrogen (secondary N) is 3. The second-order valence-electron chi connectivity index (χ2n) is 10.5. The van der Waals surface area contributed by atoms with Crippen molar-refractivity contribution >= 4 is 35.3 Å². The Balaban J connectivity index is 1.51. The lowest BCUT2D eigenvalue weighted by Gasteiger charge is -2.39. The number of nitrogens with zero attached hydrogens (tertiary/aromatic N) is 3. The number of amides is 5. The molecule has 2 aliphatic rings. The maximum absolute atomic E-state index is 13.3. The van der Waals surface area contributed by atoms with E-state index in [1.807, 2.05) is 35.8 Å². The molecule has 226 valence electrons. The molecule has 1 unspecified atom stereocenters. The van der Waals surface area contributed by atoms with Gasteiger partial charge in [-0.25, -0.2) is 9.59 Å². The molecule has 2 saturated heterocycles. The topological polar surface area (TPSA) is 144 Å². The van der Waals surface area contributed by atoms with E-state index in [1.54, 1.807) is 30.3 Å². The van der Waals surface area contributed by atoms with Crippen LogP contribution in [0.2, 0.25) is 0 Å². The first kappa shape index (κ1) is 30.6. The summed E-state index contributed by atoms with van der Waals surface area (Å²) in [5.41, 5.74) is 3.19. The normalized spacial score (nSPS) is 16.0. The zero-order chi connectivity index (χ0) is 30.1. The average Bonchev–Trinajstić information content (AvgIpc) is 3.00. The quantitative estimate of drug-likeness (QED) is 0.357. The van der Waals surface area contributed by atoms with Crippen molar-refractivity contribution in [3.8, 4) is 0 Å². The van der Waals surface area contributed by atoms with Crippen LogP contribution >= 0.6 is 0 Å². The van der Waals surface area contributed by atoms with Gasteiger partial charge in [-0.1, -0.05) is 36.8 Å².